The lowest BCUT2D eigenvalue weighted by atomic mass is 10.1. The van der Waals surface area contributed by atoms with E-state index in [9.17, 15) is 0 Å². The lowest BCUT2D eigenvalue weighted by Gasteiger charge is -2.39. The Labute approximate surface area is 158 Å². The van der Waals surface area contributed by atoms with Crippen LogP contribution in [0.4, 0.5) is 0 Å². The first-order valence-corrected chi connectivity index (χ1v) is 12.8. The maximum Gasteiger partial charge on any atom is 0.192 e. The van der Waals surface area contributed by atoms with Crippen molar-refractivity contribution in [2.24, 2.45) is 0 Å². The Balaban J connectivity index is 2.86. The SMILES string of the molecule is CCCCCC#CCC(O[Si](C)(C)C(C)(C)C)c1ccc(Br)cc1. The molecule has 0 aliphatic heterocycles. The highest BCUT2D eigenvalue weighted by Crippen LogP contribution is 2.40. The van der Waals surface area contributed by atoms with Crippen molar-refractivity contribution in [2.75, 3.05) is 0 Å². The van der Waals surface area contributed by atoms with Gasteiger partial charge in [0, 0.05) is 17.3 Å². The van der Waals surface area contributed by atoms with E-state index >= 15 is 0 Å². The van der Waals surface area contributed by atoms with E-state index in [1.54, 1.807) is 0 Å². The molecule has 134 valence electrons. The molecule has 0 spiro atoms. The van der Waals surface area contributed by atoms with Gasteiger partial charge in [-0.15, -0.1) is 11.8 Å². The minimum atomic E-state index is -1.83. The van der Waals surface area contributed by atoms with E-state index in [1.807, 2.05) is 0 Å². The average molecular weight is 409 g/mol. The molecular formula is C21H33BrOSi. The predicted octanol–water partition coefficient (Wildman–Crippen LogP) is 7.49. The number of rotatable bonds is 7. The zero-order chi connectivity index (χ0) is 18.2. The van der Waals surface area contributed by atoms with Gasteiger partial charge in [0.1, 0.15) is 0 Å². The highest BCUT2D eigenvalue weighted by atomic mass is 79.9. The van der Waals surface area contributed by atoms with Crippen molar-refractivity contribution in [2.45, 2.75) is 84.0 Å². The molecule has 0 saturated carbocycles. The van der Waals surface area contributed by atoms with Crippen molar-refractivity contribution in [3.8, 4) is 11.8 Å². The quantitative estimate of drug-likeness (QED) is 0.258. The number of unbranched alkanes of at least 4 members (excludes halogenated alkanes) is 3. The zero-order valence-corrected chi connectivity index (χ0v) is 18.8. The van der Waals surface area contributed by atoms with Crippen LogP contribution in [0.2, 0.25) is 18.1 Å². The van der Waals surface area contributed by atoms with Crippen molar-refractivity contribution in [3.05, 3.63) is 34.3 Å². The van der Waals surface area contributed by atoms with Gasteiger partial charge in [0.25, 0.3) is 0 Å². The molecule has 1 nitrogen and oxygen atoms in total. The van der Waals surface area contributed by atoms with Gasteiger partial charge in [0.2, 0.25) is 0 Å². The van der Waals surface area contributed by atoms with Crippen LogP contribution in [0.1, 0.15) is 71.5 Å². The van der Waals surface area contributed by atoms with Crippen molar-refractivity contribution in [1.82, 2.24) is 0 Å². The maximum atomic E-state index is 6.68. The first-order valence-electron chi connectivity index (χ1n) is 9.06. The van der Waals surface area contributed by atoms with Gasteiger partial charge in [0.15, 0.2) is 8.32 Å². The number of benzene rings is 1. The third-order valence-corrected chi connectivity index (χ3v) is 9.82. The smallest absolute Gasteiger partial charge is 0.192 e. The second-order valence-corrected chi connectivity index (χ2v) is 13.6. The van der Waals surface area contributed by atoms with Crippen LogP contribution in [-0.2, 0) is 4.43 Å². The Hall–Kier alpha value is -0.563. The fourth-order valence-electron chi connectivity index (χ4n) is 2.15. The summed E-state index contributed by atoms with van der Waals surface area (Å²) < 4.78 is 7.78. The van der Waals surface area contributed by atoms with Crippen LogP contribution in [-0.4, -0.2) is 8.32 Å². The molecule has 0 heterocycles. The Morgan fingerprint density at radius 2 is 1.71 bits per heavy atom. The molecule has 0 aromatic heterocycles. The third-order valence-electron chi connectivity index (χ3n) is 4.80. The highest BCUT2D eigenvalue weighted by Gasteiger charge is 2.39. The summed E-state index contributed by atoms with van der Waals surface area (Å²) in [5, 5.41) is 0.204. The number of halogens is 1. The average Bonchev–Trinajstić information content (AvgIpc) is 2.49. The van der Waals surface area contributed by atoms with E-state index in [1.165, 1.54) is 24.8 Å². The minimum absolute atomic E-state index is 0.0673. The predicted molar refractivity (Wildman–Crippen MR) is 112 cm³/mol. The minimum Gasteiger partial charge on any atom is -0.409 e. The Morgan fingerprint density at radius 3 is 2.25 bits per heavy atom. The molecule has 0 amide bonds. The number of hydrogen-bond donors (Lipinski definition) is 0. The summed E-state index contributed by atoms with van der Waals surface area (Å²) >= 11 is 3.52. The largest absolute Gasteiger partial charge is 0.409 e. The molecule has 0 N–H and O–H groups in total. The Kier molecular flexibility index (Phi) is 8.77. The number of hydrogen-bond acceptors (Lipinski definition) is 1. The van der Waals surface area contributed by atoms with E-state index in [0.29, 0.717) is 0 Å². The molecule has 0 aliphatic rings. The van der Waals surface area contributed by atoms with Crippen molar-refractivity contribution >= 4 is 24.2 Å². The molecule has 1 atom stereocenters. The van der Waals surface area contributed by atoms with Crippen LogP contribution in [0.15, 0.2) is 28.7 Å². The molecule has 1 unspecified atom stereocenters. The lowest BCUT2D eigenvalue weighted by Crippen LogP contribution is -2.41. The summed E-state index contributed by atoms with van der Waals surface area (Å²) in [6, 6.07) is 8.49. The van der Waals surface area contributed by atoms with Crippen LogP contribution in [0.25, 0.3) is 0 Å². The van der Waals surface area contributed by atoms with Crippen LogP contribution >= 0.6 is 15.9 Å². The molecular weight excluding hydrogens is 376 g/mol. The van der Waals surface area contributed by atoms with Crippen LogP contribution in [0.3, 0.4) is 0 Å². The summed E-state index contributed by atoms with van der Waals surface area (Å²) in [5.41, 5.74) is 1.23. The van der Waals surface area contributed by atoms with Gasteiger partial charge < -0.3 is 4.43 Å². The van der Waals surface area contributed by atoms with Crippen molar-refractivity contribution < 1.29 is 4.43 Å². The topological polar surface area (TPSA) is 9.23 Å². The maximum absolute atomic E-state index is 6.68. The van der Waals surface area contributed by atoms with Gasteiger partial charge in [0.05, 0.1) is 6.10 Å². The summed E-state index contributed by atoms with van der Waals surface area (Å²) in [5.74, 6) is 6.70. The van der Waals surface area contributed by atoms with Gasteiger partial charge in [-0.3, -0.25) is 0 Å². The zero-order valence-electron chi connectivity index (χ0n) is 16.2. The van der Waals surface area contributed by atoms with E-state index in [0.717, 1.165) is 17.3 Å². The monoisotopic (exact) mass is 408 g/mol. The molecule has 0 fully saturated rings. The Morgan fingerprint density at radius 1 is 1.08 bits per heavy atom. The first kappa shape index (κ1) is 21.5. The third kappa shape index (κ3) is 7.13. The second kappa shape index (κ2) is 9.80. The van der Waals surface area contributed by atoms with Gasteiger partial charge in [-0.1, -0.05) is 68.6 Å². The molecule has 0 aliphatic carbocycles. The normalized spacial score (nSPS) is 13.3. The van der Waals surface area contributed by atoms with E-state index in [4.69, 9.17) is 4.43 Å². The van der Waals surface area contributed by atoms with Gasteiger partial charge in [-0.2, -0.15) is 0 Å². The van der Waals surface area contributed by atoms with E-state index in [2.05, 4.69) is 92.8 Å². The molecule has 0 radical (unpaired) electrons. The van der Waals surface area contributed by atoms with Crippen LogP contribution in [0, 0.1) is 11.8 Å². The molecule has 1 rings (SSSR count). The summed E-state index contributed by atoms with van der Waals surface area (Å²) in [7, 11) is -1.83. The standard InChI is InChI=1S/C21H33BrOSi/c1-7-8-9-10-11-12-13-20(18-14-16-19(22)17-15-18)23-24(5,6)21(2,3)4/h14-17,20H,7-10,13H2,1-6H3. The summed E-state index contributed by atoms with van der Waals surface area (Å²) in [6.07, 6.45) is 5.57. The first-order chi connectivity index (χ1) is 11.2. The van der Waals surface area contributed by atoms with Crippen LogP contribution in [0.5, 0.6) is 0 Å². The summed E-state index contributed by atoms with van der Waals surface area (Å²) in [4.78, 5) is 0. The van der Waals surface area contributed by atoms with E-state index < -0.39 is 8.32 Å². The lowest BCUT2D eigenvalue weighted by molar-refractivity contribution is 0.189. The molecule has 1 aromatic rings. The highest BCUT2D eigenvalue weighted by molar-refractivity contribution is 9.10. The molecule has 24 heavy (non-hydrogen) atoms. The molecule has 0 bridgehead atoms. The molecule has 0 saturated heterocycles. The van der Waals surface area contributed by atoms with Gasteiger partial charge in [-0.05, 0) is 42.2 Å². The van der Waals surface area contributed by atoms with Crippen LogP contribution < -0.4 is 0 Å². The fourth-order valence-corrected chi connectivity index (χ4v) is 3.70. The fraction of sp³-hybridized carbons (Fsp3) is 0.619. The van der Waals surface area contributed by atoms with Gasteiger partial charge >= 0.3 is 0 Å². The van der Waals surface area contributed by atoms with Crippen molar-refractivity contribution in [3.63, 3.8) is 0 Å². The Bertz CT molecular complexity index is 546. The molecule has 3 heteroatoms. The second-order valence-electron chi connectivity index (χ2n) is 7.93. The summed E-state index contributed by atoms with van der Waals surface area (Å²) in [6.45, 7) is 13.7. The van der Waals surface area contributed by atoms with Gasteiger partial charge in [-0.25, -0.2) is 0 Å². The van der Waals surface area contributed by atoms with Crippen molar-refractivity contribution in [1.29, 1.82) is 0 Å². The molecule has 1 aromatic carbocycles. The van der Waals surface area contributed by atoms with E-state index in [-0.39, 0.29) is 11.1 Å².